The van der Waals surface area contributed by atoms with Gasteiger partial charge in [0, 0.05) is 29.6 Å². The number of carbonyl (C=O) groups excluding carboxylic acids is 1. The summed E-state index contributed by atoms with van der Waals surface area (Å²) in [6, 6.07) is 6.00. The molecule has 1 aromatic carbocycles. The van der Waals surface area contributed by atoms with Crippen molar-refractivity contribution in [3.8, 4) is 10.6 Å². The third-order valence-corrected chi connectivity index (χ3v) is 4.49. The molecule has 0 spiro atoms. The number of benzene rings is 1. The molecule has 18 heavy (non-hydrogen) atoms. The summed E-state index contributed by atoms with van der Waals surface area (Å²) >= 11 is 1.70. The lowest BCUT2D eigenvalue weighted by Gasteiger charge is -2.04. The lowest BCUT2D eigenvalue weighted by Crippen LogP contribution is -2.17. The molecule has 0 saturated carbocycles. The first kappa shape index (κ1) is 11.4. The Morgan fingerprint density at radius 2 is 2.11 bits per heavy atom. The molecule has 0 fully saturated rings. The highest BCUT2D eigenvalue weighted by atomic mass is 32.1. The lowest BCUT2D eigenvalue weighted by atomic mass is 10.1. The molecular weight excluding hydrogens is 244 g/mol. The topological polar surface area (TPSA) is 33.2 Å². The number of aromatic nitrogens is 1. The first-order chi connectivity index (χ1) is 8.56. The first-order valence-electron chi connectivity index (χ1n) is 5.89. The Labute approximate surface area is 110 Å². The van der Waals surface area contributed by atoms with Crippen molar-refractivity contribution < 1.29 is 4.79 Å². The minimum atomic E-state index is 0.114. The van der Waals surface area contributed by atoms with Gasteiger partial charge in [0.25, 0.3) is 5.91 Å². The second-order valence-corrected chi connectivity index (χ2v) is 5.90. The van der Waals surface area contributed by atoms with Crippen LogP contribution in [0.25, 0.3) is 10.6 Å². The smallest absolute Gasteiger partial charge is 0.254 e. The van der Waals surface area contributed by atoms with Gasteiger partial charge < -0.3 is 4.90 Å². The molecular formula is C14H14N2OS. The van der Waals surface area contributed by atoms with Gasteiger partial charge in [-0.25, -0.2) is 4.98 Å². The van der Waals surface area contributed by atoms with E-state index in [0.717, 1.165) is 27.4 Å². The molecule has 92 valence electrons. The molecule has 0 atom stereocenters. The van der Waals surface area contributed by atoms with E-state index in [-0.39, 0.29) is 5.91 Å². The van der Waals surface area contributed by atoms with Gasteiger partial charge in [0.2, 0.25) is 0 Å². The minimum Gasteiger partial charge on any atom is -0.337 e. The van der Waals surface area contributed by atoms with Crippen LogP contribution in [0.2, 0.25) is 0 Å². The molecule has 1 aliphatic rings. The summed E-state index contributed by atoms with van der Waals surface area (Å²) in [5.74, 6) is 0.114. The molecule has 0 bridgehead atoms. The van der Waals surface area contributed by atoms with Gasteiger partial charge in [0.15, 0.2) is 0 Å². The van der Waals surface area contributed by atoms with Crippen LogP contribution in [0, 0.1) is 13.8 Å². The Morgan fingerprint density at radius 3 is 2.78 bits per heavy atom. The summed E-state index contributed by atoms with van der Waals surface area (Å²) in [5, 5.41) is 1.04. The van der Waals surface area contributed by atoms with E-state index in [2.05, 4.69) is 18.0 Å². The Kier molecular flexibility index (Phi) is 2.48. The lowest BCUT2D eigenvalue weighted by molar-refractivity contribution is 0.0816. The molecule has 3 nitrogen and oxygen atoms in total. The van der Waals surface area contributed by atoms with Gasteiger partial charge in [-0.15, -0.1) is 11.3 Å². The monoisotopic (exact) mass is 258 g/mol. The molecule has 0 aliphatic carbocycles. The maximum Gasteiger partial charge on any atom is 0.254 e. The van der Waals surface area contributed by atoms with Crippen LogP contribution in [0.15, 0.2) is 18.2 Å². The summed E-state index contributed by atoms with van der Waals surface area (Å²) in [6.45, 7) is 4.81. The molecule has 2 aromatic rings. The highest BCUT2D eigenvalue weighted by Crippen LogP contribution is 2.31. The van der Waals surface area contributed by atoms with Crippen molar-refractivity contribution in [1.29, 1.82) is 0 Å². The van der Waals surface area contributed by atoms with Crippen molar-refractivity contribution in [2.24, 2.45) is 0 Å². The van der Waals surface area contributed by atoms with Crippen LogP contribution in [-0.4, -0.2) is 22.8 Å². The predicted molar refractivity (Wildman–Crippen MR) is 72.8 cm³/mol. The van der Waals surface area contributed by atoms with Gasteiger partial charge in [0.1, 0.15) is 5.01 Å². The van der Waals surface area contributed by atoms with Crippen LogP contribution in [0.4, 0.5) is 0 Å². The molecule has 0 N–H and O–H groups in total. The summed E-state index contributed by atoms with van der Waals surface area (Å²) < 4.78 is 0. The summed E-state index contributed by atoms with van der Waals surface area (Å²) in [7, 11) is 1.83. The van der Waals surface area contributed by atoms with E-state index in [4.69, 9.17) is 0 Å². The highest BCUT2D eigenvalue weighted by Gasteiger charge is 2.24. The standard InChI is InChI=1S/C14H14N2OS/c1-8-9(2)18-13(15-8)10-4-5-12-11(6-10)7-16(3)14(12)17/h4-6H,7H2,1-3H3. The number of fused-ring (bicyclic) bond motifs is 1. The number of nitrogens with zero attached hydrogens (tertiary/aromatic N) is 2. The Hall–Kier alpha value is -1.68. The third-order valence-electron chi connectivity index (χ3n) is 3.37. The predicted octanol–water partition coefficient (Wildman–Crippen LogP) is 3.01. The van der Waals surface area contributed by atoms with E-state index in [1.165, 1.54) is 4.88 Å². The minimum absolute atomic E-state index is 0.114. The van der Waals surface area contributed by atoms with E-state index in [9.17, 15) is 4.79 Å². The average molecular weight is 258 g/mol. The second-order valence-electron chi connectivity index (χ2n) is 4.69. The van der Waals surface area contributed by atoms with Crippen molar-refractivity contribution in [3.63, 3.8) is 0 Å². The van der Waals surface area contributed by atoms with Crippen molar-refractivity contribution in [2.45, 2.75) is 20.4 Å². The number of thiazole rings is 1. The number of amides is 1. The van der Waals surface area contributed by atoms with Gasteiger partial charge in [-0.05, 0) is 31.5 Å². The Bertz CT molecular complexity index is 626. The van der Waals surface area contributed by atoms with E-state index in [1.54, 1.807) is 16.2 Å². The Balaban J connectivity index is 2.06. The van der Waals surface area contributed by atoms with Crippen LogP contribution in [0.1, 0.15) is 26.5 Å². The van der Waals surface area contributed by atoms with E-state index >= 15 is 0 Å². The first-order valence-corrected chi connectivity index (χ1v) is 6.70. The number of carbonyl (C=O) groups is 1. The SMILES string of the molecule is Cc1nc(-c2ccc3c(c2)CN(C)C3=O)sc1C. The zero-order valence-electron chi connectivity index (χ0n) is 10.7. The molecule has 2 heterocycles. The molecule has 3 rings (SSSR count). The fourth-order valence-electron chi connectivity index (χ4n) is 2.20. The normalized spacial score (nSPS) is 14.2. The maximum absolute atomic E-state index is 11.8. The van der Waals surface area contributed by atoms with Crippen molar-refractivity contribution >= 4 is 17.2 Å². The van der Waals surface area contributed by atoms with Gasteiger partial charge >= 0.3 is 0 Å². The number of hydrogen-bond acceptors (Lipinski definition) is 3. The van der Waals surface area contributed by atoms with E-state index in [0.29, 0.717) is 6.54 Å². The van der Waals surface area contributed by atoms with Gasteiger partial charge in [-0.1, -0.05) is 6.07 Å². The van der Waals surface area contributed by atoms with Crippen LogP contribution >= 0.6 is 11.3 Å². The molecule has 1 aromatic heterocycles. The van der Waals surface area contributed by atoms with E-state index < -0.39 is 0 Å². The van der Waals surface area contributed by atoms with Crippen LogP contribution in [0.5, 0.6) is 0 Å². The zero-order valence-corrected chi connectivity index (χ0v) is 11.5. The van der Waals surface area contributed by atoms with Crippen molar-refractivity contribution in [1.82, 2.24) is 9.88 Å². The zero-order chi connectivity index (χ0) is 12.9. The molecule has 0 radical (unpaired) electrons. The van der Waals surface area contributed by atoms with Gasteiger partial charge in [-0.2, -0.15) is 0 Å². The van der Waals surface area contributed by atoms with Crippen molar-refractivity contribution in [3.05, 3.63) is 39.9 Å². The molecule has 0 saturated heterocycles. The molecule has 1 amide bonds. The molecule has 4 heteroatoms. The molecule has 1 aliphatic heterocycles. The summed E-state index contributed by atoms with van der Waals surface area (Å²) in [4.78, 5) is 19.4. The Morgan fingerprint density at radius 1 is 1.33 bits per heavy atom. The van der Waals surface area contributed by atoms with Crippen LogP contribution in [-0.2, 0) is 6.54 Å². The number of rotatable bonds is 1. The van der Waals surface area contributed by atoms with Gasteiger partial charge in [0.05, 0.1) is 5.69 Å². The molecule has 0 unspecified atom stereocenters. The highest BCUT2D eigenvalue weighted by molar-refractivity contribution is 7.15. The fourth-order valence-corrected chi connectivity index (χ4v) is 3.11. The van der Waals surface area contributed by atoms with Gasteiger partial charge in [-0.3, -0.25) is 4.79 Å². The third kappa shape index (κ3) is 1.64. The number of hydrogen-bond donors (Lipinski definition) is 0. The quantitative estimate of drug-likeness (QED) is 0.787. The van der Waals surface area contributed by atoms with Crippen LogP contribution in [0.3, 0.4) is 0 Å². The fraction of sp³-hybridized carbons (Fsp3) is 0.286. The summed E-state index contributed by atoms with van der Waals surface area (Å²) in [6.07, 6.45) is 0. The second kappa shape index (κ2) is 3.92. The largest absolute Gasteiger partial charge is 0.337 e. The van der Waals surface area contributed by atoms with E-state index in [1.807, 2.05) is 26.1 Å². The number of aryl methyl sites for hydroxylation is 2. The van der Waals surface area contributed by atoms with Crippen LogP contribution < -0.4 is 0 Å². The summed E-state index contributed by atoms with van der Waals surface area (Å²) in [5.41, 5.74) is 4.12. The average Bonchev–Trinajstić information content (AvgIpc) is 2.81. The van der Waals surface area contributed by atoms with Crippen molar-refractivity contribution in [2.75, 3.05) is 7.05 Å². The maximum atomic E-state index is 11.8.